The van der Waals surface area contributed by atoms with Crippen LogP contribution in [0.2, 0.25) is 0 Å². The summed E-state index contributed by atoms with van der Waals surface area (Å²) in [4.78, 5) is 23.5. The maximum absolute atomic E-state index is 12.1. The van der Waals surface area contributed by atoms with Crippen molar-refractivity contribution in [3.63, 3.8) is 0 Å². The molecule has 1 N–H and O–H groups in total. The highest BCUT2D eigenvalue weighted by Gasteiger charge is 2.14. The van der Waals surface area contributed by atoms with Gasteiger partial charge >= 0.3 is 0 Å². The van der Waals surface area contributed by atoms with Crippen molar-refractivity contribution in [3.8, 4) is 28.5 Å². The molecule has 2 aromatic carbocycles. The van der Waals surface area contributed by atoms with Crippen LogP contribution in [0.5, 0.6) is 17.2 Å². The molecule has 0 fully saturated rings. The molecule has 2 heterocycles. The number of fused-ring (bicyclic) bond motifs is 1. The summed E-state index contributed by atoms with van der Waals surface area (Å²) in [5, 5.41) is 6.97. The second-order valence-corrected chi connectivity index (χ2v) is 6.11. The van der Waals surface area contributed by atoms with Crippen LogP contribution in [0.4, 0.5) is 5.69 Å². The van der Waals surface area contributed by atoms with Crippen molar-refractivity contribution in [3.05, 3.63) is 65.0 Å². The standard InChI is InChI=1S/C20H17N3O5/c1-23-20(25)9-7-16(22-23)13-2-4-14(5-3-13)21-19(24)11-26-15-6-8-17-18(10-15)28-12-27-17/h2-10H,11-12H2,1H3,(H,21,24). The van der Waals surface area contributed by atoms with E-state index < -0.39 is 0 Å². The van der Waals surface area contributed by atoms with Gasteiger partial charge in [0.15, 0.2) is 18.1 Å². The summed E-state index contributed by atoms with van der Waals surface area (Å²) >= 11 is 0. The SMILES string of the molecule is Cn1nc(-c2ccc(NC(=O)COc3ccc4c(c3)OCO4)cc2)ccc1=O. The average molecular weight is 379 g/mol. The first-order chi connectivity index (χ1) is 13.6. The number of hydrogen-bond donors (Lipinski definition) is 1. The average Bonchev–Trinajstić information content (AvgIpc) is 3.17. The fraction of sp³-hybridized carbons (Fsp3) is 0.150. The number of anilines is 1. The topological polar surface area (TPSA) is 91.7 Å². The van der Waals surface area contributed by atoms with E-state index in [1.165, 1.54) is 10.7 Å². The molecule has 0 aliphatic carbocycles. The van der Waals surface area contributed by atoms with Crippen LogP contribution in [0.1, 0.15) is 0 Å². The third-order valence-corrected chi connectivity index (χ3v) is 4.14. The fourth-order valence-corrected chi connectivity index (χ4v) is 2.69. The number of hydrogen-bond acceptors (Lipinski definition) is 6. The molecule has 0 bridgehead atoms. The van der Waals surface area contributed by atoms with Gasteiger partial charge in [0.1, 0.15) is 5.75 Å². The predicted octanol–water partition coefficient (Wildman–Crippen LogP) is 2.19. The maximum atomic E-state index is 12.1. The number of carbonyl (C=O) groups is 1. The molecule has 1 aliphatic rings. The molecule has 0 unspecified atom stereocenters. The summed E-state index contributed by atoms with van der Waals surface area (Å²) in [6.45, 7) is 0.0494. The summed E-state index contributed by atoms with van der Waals surface area (Å²) in [5.74, 6) is 1.49. The first kappa shape index (κ1) is 17.6. The Balaban J connectivity index is 1.35. The quantitative estimate of drug-likeness (QED) is 0.731. The summed E-state index contributed by atoms with van der Waals surface area (Å²) in [6, 6.07) is 15.4. The van der Waals surface area contributed by atoms with Crippen molar-refractivity contribution in [2.45, 2.75) is 0 Å². The lowest BCUT2D eigenvalue weighted by Gasteiger charge is -2.09. The monoisotopic (exact) mass is 379 g/mol. The number of aryl methyl sites for hydroxylation is 1. The molecule has 8 heteroatoms. The van der Waals surface area contributed by atoms with Crippen molar-refractivity contribution in [1.29, 1.82) is 0 Å². The largest absolute Gasteiger partial charge is 0.484 e. The van der Waals surface area contributed by atoms with E-state index in [1.807, 2.05) is 12.1 Å². The smallest absolute Gasteiger partial charge is 0.266 e. The molecule has 0 saturated carbocycles. The Bertz CT molecular complexity index is 1080. The number of nitrogens with one attached hydrogen (secondary N) is 1. The zero-order valence-corrected chi connectivity index (χ0v) is 15.0. The number of aromatic nitrogens is 2. The van der Waals surface area contributed by atoms with Gasteiger partial charge in [-0.3, -0.25) is 9.59 Å². The van der Waals surface area contributed by atoms with E-state index in [4.69, 9.17) is 14.2 Å². The Labute approximate surface area is 160 Å². The Morgan fingerprint density at radius 3 is 2.68 bits per heavy atom. The van der Waals surface area contributed by atoms with Crippen LogP contribution in [0, 0.1) is 0 Å². The van der Waals surface area contributed by atoms with Gasteiger partial charge < -0.3 is 19.5 Å². The van der Waals surface area contributed by atoms with Crippen LogP contribution in [0.3, 0.4) is 0 Å². The lowest BCUT2D eigenvalue weighted by Crippen LogP contribution is -2.20. The third-order valence-electron chi connectivity index (χ3n) is 4.14. The number of nitrogens with zero attached hydrogens (tertiary/aromatic N) is 2. The van der Waals surface area contributed by atoms with E-state index in [0.717, 1.165) is 5.56 Å². The number of amides is 1. The first-order valence-electron chi connectivity index (χ1n) is 8.55. The highest BCUT2D eigenvalue weighted by Crippen LogP contribution is 2.35. The molecule has 142 valence electrons. The lowest BCUT2D eigenvalue weighted by atomic mass is 10.1. The molecule has 3 aromatic rings. The lowest BCUT2D eigenvalue weighted by molar-refractivity contribution is -0.118. The highest BCUT2D eigenvalue weighted by molar-refractivity contribution is 5.92. The zero-order valence-electron chi connectivity index (χ0n) is 15.0. The highest BCUT2D eigenvalue weighted by atomic mass is 16.7. The number of carbonyl (C=O) groups excluding carboxylic acids is 1. The van der Waals surface area contributed by atoms with Gasteiger partial charge in [0, 0.05) is 30.4 Å². The Morgan fingerprint density at radius 2 is 1.89 bits per heavy atom. The predicted molar refractivity (Wildman–Crippen MR) is 102 cm³/mol. The van der Waals surface area contributed by atoms with Gasteiger partial charge in [0.05, 0.1) is 5.69 Å². The zero-order chi connectivity index (χ0) is 19.5. The Morgan fingerprint density at radius 1 is 1.11 bits per heavy atom. The summed E-state index contributed by atoms with van der Waals surface area (Å²) < 4.78 is 17.3. The van der Waals surface area contributed by atoms with Crippen LogP contribution in [0.15, 0.2) is 59.4 Å². The molecule has 0 saturated heterocycles. The maximum Gasteiger partial charge on any atom is 0.266 e. The van der Waals surface area contributed by atoms with Crippen molar-refractivity contribution in [1.82, 2.24) is 9.78 Å². The van der Waals surface area contributed by atoms with Crippen LogP contribution >= 0.6 is 0 Å². The van der Waals surface area contributed by atoms with E-state index in [9.17, 15) is 9.59 Å². The number of rotatable bonds is 5. The van der Waals surface area contributed by atoms with Gasteiger partial charge in [-0.15, -0.1) is 0 Å². The van der Waals surface area contributed by atoms with Crippen molar-refractivity contribution in [2.75, 3.05) is 18.7 Å². The van der Waals surface area contributed by atoms with Crippen LogP contribution in [0.25, 0.3) is 11.3 Å². The van der Waals surface area contributed by atoms with Gasteiger partial charge in [0.25, 0.3) is 11.5 Å². The summed E-state index contributed by atoms with van der Waals surface area (Å²) in [7, 11) is 1.60. The van der Waals surface area contributed by atoms with E-state index in [2.05, 4.69) is 10.4 Å². The van der Waals surface area contributed by atoms with Crippen LogP contribution < -0.4 is 25.1 Å². The molecule has 0 spiro atoms. The van der Waals surface area contributed by atoms with E-state index >= 15 is 0 Å². The van der Waals surface area contributed by atoms with Crippen molar-refractivity contribution < 1.29 is 19.0 Å². The van der Waals surface area contributed by atoms with Crippen molar-refractivity contribution >= 4 is 11.6 Å². The molecule has 0 radical (unpaired) electrons. The molecule has 8 nitrogen and oxygen atoms in total. The molecule has 4 rings (SSSR count). The fourth-order valence-electron chi connectivity index (χ4n) is 2.69. The first-order valence-corrected chi connectivity index (χ1v) is 8.55. The van der Waals surface area contributed by atoms with Crippen molar-refractivity contribution in [2.24, 2.45) is 7.05 Å². The molecule has 0 atom stereocenters. The minimum absolute atomic E-state index is 0.135. The van der Waals surface area contributed by atoms with Crippen LogP contribution in [-0.2, 0) is 11.8 Å². The minimum Gasteiger partial charge on any atom is -0.484 e. The molecule has 1 amide bonds. The second kappa shape index (κ2) is 7.43. The van der Waals surface area contributed by atoms with Gasteiger partial charge in [-0.25, -0.2) is 4.68 Å². The summed E-state index contributed by atoms with van der Waals surface area (Å²) in [5.41, 5.74) is 1.97. The van der Waals surface area contributed by atoms with Gasteiger partial charge in [0.2, 0.25) is 6.79 Å². The normalized spacial score (nSPS) is 11.9. The van der Waals surface area contributed by atoms with E-state index in [0.29, 0.717) is 28.6 Å². The van der Waals surface area contributed by atoms with Gasteiger partial charge in [-0.2, -0.15) is 5.10 Å². The van der Waals surface area contributed by atoms with Crippen LogP contribution in [-0.4, -0.2) is 29.1 Å². The van der Waals surface area contributed by atoms with E-state index in [-0.39, 0.29) is 24.9 Å². The molecule has 1 aromatic heterocycles. The molecular weight excluding hydrogens is 362 g/mol. The number of benzene rings is 2. The molecular formula is C20H17N3O5. The van der Waals surface area contributed by atoms with Gasteiger partial charge in [-0.1, -0.05) is 12.1 Å². The van der Waals surface area contributed by atoms with Gasteiger partial charge in [-0.05, 0) is 30.3 Å². The van der Waals surface area contributed by atoms with E-state index in [1.54, 1.807) is 43.4 Å². The second-order valence-electron chi connectivity index (χ2n) is 6.11. The summed E-state index contributed by atoms with van der Waals surface area (Å²) in [6.07, 6.45) is 0. The number of ether oxygens (including phenoxy) is 3. The minimum atomic E-state index is -0.286. The Kier molecular flexibility index (Phi) is 4.67. The third kappa shape index (κ3) is 3.80. The molecule has 28 heavy (non-hydrogen) atoms. The Hall–Kier alpha value is -3.81. The molecule has 1 aliphatic heterocycles.